The van der Waals surface area contributed by atoms with E-state index in [-0.39, 0.29) is 17.7 Å². The van der Waals surface area contributed by atoms with Crippen LogP contribution in [0.1, 0.15) is 5.69 Å². The minimum Gasteiger partial charge on any atom is -0.454 e. The molecule has 0 unspecified atom stereocenters. The summed E-state index contributed by atoms with van der Waals surface area (Å²) in [4.78, 5) is 6.20. The zero-order valence-electron chi connectivity index (χ0n) is 14.8. The Morgan fingerprint density at radius 1 is 1.07 bits per heavy atom. The highest BCUT2D eigenvalue weighted by Crippen LogP contribution is 2.38. The van der Waals surface area contributed by atoms with Crippen LogP contribution < -0.4 is 14.3 Å². The maximum atomic E-state index is 13.2. The molecule has 30 heavy (non-hydrogen) atoms. The highest BCUT2D eigenvalue weighted by atomic mass is 35.5. The van der Waals surface area contributed by atoms with Gasteiger partial charge >= 0.3 is 11.3 Å². The highest BCUT2D eigenvalue weighted by Gasteiger charge is 2.42. The van der Waals surface area contributed by atoms with Gasteiger partial charge in [0.05, 0.1) is 0 Å². The average Bonchev–Trinajstić information content (AvgIpc) is 3.45. The molecule has 1 aliphatic rings. The molecule has 0 amide bonds. The molecule has 0 aliphatic carbocycles. The van der Waals surface area contributed by atoms with Crippen LogP contribution in [0.2, 0.25) is 4.34 Å². The Kier molecular flexibility index (Phi) is 4.36. The van der Waals surface area contributed by atoms with E-state index >= 15 is 0 Å². The van der Waals surface area contributed by atoms with Crippen molar-refractivity contribution in [3.63, 3.8) is 0 Å². The van der Waals surface area contributed by atoms with Gasteiger partial charge in [-0.15, -0.1) is 0 Å². The Morgan fingerprint density at radius 2 is 1.83 bits per heavy atom. The van der Waals surface area contributed by atoms with Crippen molar-refractivity contribution in [1.82, 2.24) is 20.0 Å². The van der Waals surface area contributed by atoms with Crippen LogP contribution in [0.4, 0.5) is 13.2 Å². The molecule has 4 aromatic rings. The van der Waals surface area contributed by atoms with Crippen LogP contribution in [-0.2, 0) is 6.18 Å². The number of tetrazole rings is 1. The highest BCUT2D eigenvalue weighted by molar-refractivity contribution is 7.17. The van der Waals surface area contributed by atoms with Crippen molar-refractivity contribution in [1.29, 1.82) is 0 Å². The van der Waals surface area contributed by atoms with E-state index < -0.39 is 16.2 Å². The van der Waals surface area contributed by atoms with Crippen LogP contribution in [-0.4, -0.2) is 26.8 Å². The summed E-state index contributed by atoms with van der Waals surface area (Å²) in [5.74, 6) is 1.39. The van der Waals surface area contributed by atoms with Gasteiger partial charge in [0, 0.05) is 10.7 Å². The number of benzene rings is 2. The van der Waals surface area contributed by atoms with Crippen LogP contribution in [0.5, 0.6) is 11.5 Å². The van der Waals surface area contributed by atoms with Gasteiger partial charge in [0.1, 0.15) is 10.0 Å². The van der Waals surface area contributed by atoms with Crippen molar-refractivity contribution in [2.45, 2.75) is 6.18 Å². The maximum absolute atomic E-state index is 13.2. The summed E-state index contributed by atoms with van der Waals surface area (Å²) >= 11 is 6.46. The molecule has 0 saturated carbocycles. The zero-order chi connectivity index (χ0) is 20.9. The summed E-state index contributed by atoms with van der Waals surface area (Å²) in [5, 5.41) is 8.78. The van der Waals surface area contributed by atoms with Crippen molar-refractivity contribution in [3.05, 3.63) is 58.6 Å². The van der Waals surface area contributed by atoms with Crippen LogP contribution in [0.25, 0.3) is 22.2 Å². The number of alkyl halides is 3. The first-order valence-electron chi connectivity index (χ1n) is 8.49. The molecule has 0 N–H and O–H groups in total. The van der Waals surface area contributed by atoms with Gasteiger partial charge in [0.2, 0.25) is 12.5 Å². The zero-order valence-corrected chi connectivity index (χ0v) is 16.4. The molecule has 2 aromatic carbocycles. The lowest BCUT2D eigenvalue weighted by atomic mass is 10.2. The number of nitrogens with zero attached hydrogens (tertiary/aromatic N) is 5. The normalized spacial score (nSPS) is 13.1. The third kappa shape index (κ3) is 3.25. The number of ether oxygens (including phenoxy) is 2. The molecule has 0 radical (unpaired) electrons. The molecule has 0 saturated heterocycles. The van der Waals surface area contributed by atoms with Crippen LogP contribution in [0.3, 0.4) is 0 Å². The summed E-state index contributed by atoms with van der Waals surface area (Å²) in [7, 11) is 0. The Bertz CT molecular complexity index is 1240. The number of hydrogen-bond acceptors (Lipinski definition) is 6. The molecule has 152 valence electrons. The summed E-state index contributed by atoms with van der Waals surface area (Å²) in [5.41, 5.74) is 0.0159. The van der Waals surface area contributed by atoms with E-state index in [1.54, 1.807) is 42.5 Å². The second-order valence-corrected chi connectivity index (χ2v) is 7.70. The third-order valence-corrected chi connectivity index (χ3v) is 5.41. The van der Waals surface area contributed by atoms with E-state index in [1.807, 2.05) is 6.07 Å². The smallest absolute Gasteiger partial charge is 0.451 e. The van der Waals surface area contributed by atoms with Gasteiger partial charge in [0.15, 0.2) is 11.5 Å². The fraction of sp³-hybridized carbons (Fsp3) is 0.111. The Labute approximate surface area is 175 Å². The molecule has 0 bridgehead atoms. The monoisotopic (exact) mass is 452 g/mol. The quantitative estimate of drug-likeness (QED) is 0.438. The van der Waals surface area contributed by atoms with Crippen molar-refractivity contribution in [2.24, 2.45) is 0 Å². The van der Waals surface area contributed by atoms with E-state index in [4.69, 9.17) is 21.1 Å². The number of rotatable bonds is 3. The van der Waals surface area contributed by atoms with Crippen molar-refractivity contribution in [2.75, 3.05) is 6.79 Å². The van der Waals surface area contributed by atoms with Crippen LogP contribution in [0, 0.1) is 0 Å². The average molecular weight is 453 g/mol. The first-order chi connectivity index (χ1) is 14.4. The van der Waals surface area contributed by atoms with Crippen molar-refractivity contribution in [3.8, 4) is 33.7 Å². The molecule has 0 spiro atoms. The van der Waals surface area contributed by atoms with Gasteiger partial charge in [0.25, 0.3) is 5.82 Å². The number of aromatic nitrogens is 5. The molecule has 12 heteroatoms. The Morgan fingerprint density at radius 3 is 2.57 bits per heavy atom. The van der Waals surface area contributed by atoms with Gasteiger partial charge in [-0.2, -0.15) is 13.2 Å². The lowest BCUT2D eigenvalue weighted by molar-refractivity contribution is -0.734. The fourth-order valence-electron chi connectivity index (χ4n) is 2.84. The van der Waals surface area contributed by atoms with E-state index in [1.165, 1.54) is 9.59 Å². The minimum atomic E-state index is -4.68. The third-order valence-electron chi connectivity index (χ3n) is 4.19. The standard InChI is InChI=1S/C18H10ClF3N5O2S/c19-15-14(18(20,21)22)23-17(30-15)27-25-16(24-26(27)11-4-2-1-3-5-11)10-6-7-12-13(8-10)29-9-28-12/h1-8H,9H2/q+1. The SMILES string of the molecule is FC(F)(F)c1nc(-[n+]2nc(-c3ccc4c(c3)OCO4)nn2-c2ccccc2)sc1Cl. The summed E-state index contributed by atoms with van der Waals surface area (Å²) < 4.78 is 49.7. The number of fused-ring (bicyclic) bond motifs is 1. The van der Waals surface area contributed by atoms with E-state index in [0.717, 1.165) is 0 Å². The second-order valence-electron chi connectivity index (χ2n) is 6.12. The minimum absolute atomic E-state index is 0.0735. The number of hydrogen-bond donors (Lipinski definition) is 0. The maximum Gasteiger partial charge on any atom is 0.451 e. The molecule has 5 rings (SSSR count). The lowest BCUT2D eigenvalue weighted by Crippen LogP contribution is -2.43. The lowest BCUT2D eigenvalue weighted by Gasteiger charge is -1.98. The first kappa shape index (κ1) is 18.8. The van der Waals surface area contributed by atoms with Gasteiger partial charge in [-0.05, 0) is 56.4 Å². The van der Waals surface area contributed by atoms with Crippen LogP contribution in [0.15, 0.2) is 48.5 Å². The molecule has 2 aromatic heterocycles. The molecule has 1 aliphatic heterocycles. The molecule has 0 fully saturated rings. The van der Waals surface area contributed by atoms with Crippen molar-refractivity contribution < 1.29 is 27.4 Å². The Hall–Kier alpha value is -3.18. The Balaban J connectivity index is 1.67. The fourth-order valence-corrected chi connectivity index (χ4v) is 3.95. The number of halogens is 4. The molecule has 0 atom stereocenters. The second kappa shape index (κ2) is 6.96. The molecular formula is C18H10ClF3N5O2S+. The number of para-hydroxylation sites is 1. The first-order valence-corrected chi connectivity index (χ1v) is 9.68. The van der Waals surface area contributed by atoms with E-state index in [9.17, 15) is 13.2 Å². The van der Waals surface area contributed by atoms with E-state index in [0.29, 0.717) is 34.1 Å². The van der Waals surface area contributed by atoms with Gasteiger partial charge in [-0.1, -0.05) is 34.8 Å². The predicted octanol–water partition coefficient (Wildman–Crippen LogP) is 4.07. The van der Waals surface area contributed by atoms with Gasteiger partial charge in [-0.3, -0.25) is 0 Å². The van der Waals surface area contributed by atoms with Crippen molar-refractivity contribution >= 4 is 22.9 Å². The molecule has 7 nitrogen and oxygen atoms in total. The summed E-state index contributed by atoms with van der Waals surface area (Å²) in [6.07, 6.45) is -4.68. The molecular weight excluding hydrogens is 443 g/mol. The topological polar surface area (TPSA) is 65.9 Å². The molecule has 3 heterocycles. The van der Waals surface area contributed by atoms with E-state index in [2.05, 4.69) is 15.2 Å². The predicted molar refractivity (Wildman–Crippen MR) is 100 cm³/mol. The largest absolute Gasteiger partial charge is 0.454 e. The van der Waals surface area contributed by atoms with Crippen LogP contribution >= 0.6 is 22.9 Å². The van der Waals surface area contributed by atoms with Gasteiger partial charge in [-0.25, -0.2) is 0 Å². The summed E-state index contributed by atoms with van der Waals surface area (Å²) in [6.45, 7) is 0.114. The number of thiazole rings is 1. The van der Waals surface area contributed by atoms with Gasteiger partial charge < -0.3 is 9.47 Å². The summed E-state index contributed by atoms with van der Waals surface area (Å²) in [6, 6.07) is 14.0.